The van der Waals surface area contributed by atoms with E-state index in [4.69, 9.17) is 18.9 Å². The van der Waals surface area contributed by atoms with Crippen LogP contribution >= 0.6 is 11.8 Å². The summed E-state index contributed by atoms with van der Waals surface area (Å²) in [5.74, 6) is 0.0868. The maximum atomic E-state index is 14.2. The molecule has 5 atom stereocenters. The first kappa shape index (κ1) is 32.0. The lowest BCUT2D eigenvalue weighted by molar-refractivity contribution is -0.172. The van der Waals surface area contributed by atoms with Gasteiger partial charge in [-0.05, 0) is 17.4 Å². The number of thioether (sulfide) groups is 1. The summed E-state index contributed by atoms with van der Waals surface area (Å²) in [5, 5.41) is 0. The van der Waals surface area contributed by atoms with Crippen molar-refractivity contribution in [3.8, 4) is 0 Å². The summed E-state index contributed by atoms with van der Waals surface area (Å²) in [6.07, 6.45) is 0.948. The Morgan fingerprint density at radius 3 is 2.00 bits per heavy atom. The minimum absolute atomic E-state index is 0.157. The Morgan fingerprint density at radius 2 is 1.49 bits per heavy atom. The molecular weight excluding hydrogens is 536 g/mol. The van der Waals surface area contributed by atoms with Crippen LogP contribution in [0.4, 0.5) is 0 Å². The van der Waals surface area contributed by atoms with Crippen LogP contribution in [0.1, 0.15) is 52.7 Å². The third-order valence-electron chi connectivity index (χ3n) is 8.02. The van der Waals surface area contributed by atoms with Crippen LogP contribution in [-0.4, -0.2) is 78.4 Å². The summed E-state index contributed by atoms with van der Waals surface area (Å²) in [4.78, 5) is 18.8. The van der Waals surface area contributed by atoms with E-state index in [-0.39, 0.29) is 41.9 Å². The minimum Gasteiger partial charge on any atom is -0.467 e. The number of carbonyl (C=O) groups excluding carboxylic acids is 1. The van der Waals surface area contributed by atoms with Gasteiger partial charge in [-0.3, -0.25) is 9.80 Å². The molecule has 2 aliphatic heterocycles. The van der Waals surface area contributed by atoms with Gasteiger partial charge in [-0.25, -0.2) is 4.79 Å². The topological polar surface area (TPSA) is 60.5 Å². The lowest BCUT2D eigenvalue weighted by Crippen LogP contribution is -2.68. The highest BCUT2D eigenvalue weighted by Crippen LogP contribution is 2.45. The normalized spacial score (nSPS) is 26.8. The molecule has 2 aromatic rings. The van der Waals surface area contributed by atoms with Crippen molar-refractivity contribution in [3.63, 3.8) is 0 Å². The van der Waals surface area contributed by atoms with Gasteiger partial charge in [-0.2, -0.15) is 0 Å². The predicted molar refractivity (Wildman–Crippen MR) is 164 cm³/mol. The fraction of sp³-hybridized carbons (Fsp3) is 0.606. The SMILES string of the molecule is COC(=O)[C@]1([C@@H](OCSC)[C@@H]2CO[C@H](C(C)(C)C)N2Cc2ccccc2)CO[C@H](C(C)(C)C)N1Cc1ccccc1. The minimum atomic E-state index is -1.19. The molecule has 7 nitrogen and oxygen atoms in total. The molecule has 0 radical (unpaired) electrons. The third kappa shape index (κ3) is 6.84. The van der Waals surface area contributed by atoms with E-state index in [1.165, 1.54) is 12.7 Å². The molecule has 0 saturated carbocycles. The van der Waals surface area contributed by atoms with Crippen LogP contribution in [0.5, 0.6) is 0 Å². The molecule has 2 fully saturated rings. The highest BCUT2D eigenvalue weighted by Gasteiger charge is 2.64. The summed E-state index contributed by atoms with van der Waals surface area (Å²) >= 11 is 1.60. The molecule has 2 saturated heterocycles. The summed E-state index contributed by atoms with van der Waals surface area (Å²) in [6.45, 7) is 14.8. The average molecular weight is 585 g/mol. The molecule has 0 aliphatic carbocycles. The Bertz CT molecular complexity index is 1120. The van der Waals surface area contributed by atoms with E-state index in [0.717, 1.165) is 5.56 Å². The van der Waals surface area contributed by atoms with Gasteiger partial charge in [0, 0.05) is 23.9 Å². The van der Waals surface area contributed by atoms with Crippen molar-refractivity contribution in [2.24, 2.45) is 10.8 Å². The maximum Gasteiger partial charge on any atom is 0.331 e. The second kappa shape index (κ2) is 13.1. The number of nitrogens with zero attached hydrogens (tertiary/aromatic N) is 2. The van der Waals surface area contributed by atoms with Crippen molar-refractivity contribution >= 4 is 17.7 Å². The van der Waals surface area contributed by atoms with Crippen LogP contribution in [0.15, 0.2) is 60.7 Å². The lowest BCUT2D eigenvalue weighted by atomic mass is 9.83. The molecule has 41 heavy (non-hydrogen) atoms. The highest BCUT2D eigenvalue weighted by molar-refractivity contribution is 7.98. The summed E-state index contributed by atoms with van der Waals surface area (Å²) in [6, 6.07) is 20.5. The van der Waals surface area contributed by atoms with E-state index < -0.39 is 11.6 Å². The van der Waals surface area contributed by atoms with Crippen LogP contribution in [-0.2, 0) is 36.8 Å². The molecule has 2 aliphatic rings. The van der Waals surface area contributed by atoms with Crippen LogP contribution < -0.4 is 0 Å². The molecule has 8 heteroatoms. The van der Waals surface area contributed by atoms with Crippen LogP contribution in [0, 0.1) is 10.8 Å². The number of ether oxygens (including phenoxy) is 4. The van der Waals surface area contributed by atoms with Crippen LogP contribution in [0.2, 0.25) is 0 Å². The van der Waals surface area contributed by atoms with Gasteiger partial charge in [0.05, 0.1) is 32.3 Å². The zero-order valence-corrected chi connectivity index (χ0v) is 26.8. The number of methoxy groups -OCH3 is 1. The standard InChI is InChI=1S/C33H48N2O5S/c1-31(2,3)28-34(19-24-15-11-9-12-16-24)26(21-38-28)27(40-23-41-8)33(30(36)37-7)22-39-29(32(4,5)6)35(33)20-25-17-13-10-14-18-25/h9-18,26-29H,19-23H2,1-8H3/t26-,27-,28+,29+,33+/m0/s1. The summed E-state index contributed by atoms with van der Waals surface area (Å²) < 4.78 is 25.5. The van der Waals surface area contributed by atoms with Gasteiger partial charge in [0.25, 0.3) is 0 Å². The molecule has 0 amide bonds. The van der Waals surface area contributed by atoms with Gasteiger partial charge in [0.1, 0.15) is 18.6 Å². The molecule has 226 valence electrons. The molecule has 2 heterocycles. The first-order valence-electron chi connectivity index (χ1n) is 14.5. The van der Waals surface area contributed by atoms with Gasteiger partial charge in [0.2, 0.25) is 0 Å². The van der Waals surface area contributed by atoms with E-state index >= 15 is 0 Å². The lowest BCUT2D eigenvalue weighted by Gasteiger charge is -2.47. The van der Waals surface area contributed by atoms with E-state index in [0.29, 0.717) is 25.6 Å². The second-order valence-corrected chi connectivity index (χ2v) is 14.1. The fourth-order valence-electron chi connectivity index (χ4n) is 6.29. The number of esters is 1. The predicted octanol–water partition coefficient (Wildman–Crippen LogP) is 5.78. The fourth-order valence-corrected chi connectivity index (χ4v) is 6.57. The molecular formula is C33H48N2O5S. The van der Waals surface area contributed by atoms with E-state index in [1.54, 1.807) is 11.8 Å². The van der Waals surface area contributed by atoms with Crippen molar-refractivity contribution < 1.29 is 23.7 Å². The Hall–Kier alpha value is -1.94. The number of hydrogen-bond donors (Lipinski definition) is 0. The summed E-state index contributed by atoms with van der Waals surface area (Å²) in [7, 11) is 1.46. The first-order valence-corrected chi connectivity index (χ1v) is 15.9. The largest absolute Gasteiger partial charge is 0.467 e. The van der Waals surface area contributed by atoms with E-state index in [1.807, 2.05) is 30.5 Å². The number of hydrogen-bond acceptors (Lipinski definition) is 8. The first-order chi connectivity index (χ1) is 19.4. The zero-order chi connectivity index (χ0) is 29.8. The van der Waals surface area contributed by atoms with Crippen molar-refractivity contribution in [1.82, 2.24) is 9.80 Å². The highest BCUT2D eigenvalue weighted by atomic mass is 32.2. The molecule has 0 N–H and O–H groups in total. The second-order valence-electron chi connectivity index (χ2n) is 13.3. The van der Waals surface area contributed by atoms with E-state index in [2.05, 4.69) is 87.7 Å². The van der Waals surface area contributed by atoms with Gasteiger partial charge in [0.15, 0.2) is 5.54 Å². The van der Waals surface area contributed by atoms with Gasteiger partial charge in [-0.1, -0.05) is 102 Å². The summed E-state index contributed by atoms with van der Waals surface area (Å²) in [5.41, 5.74) is 0.674. The van der Waals surface area contributed by atoms with Crippen LogP contribution in [0.3, 0.4) is 0 Å². The Balaban J connectivity index is 1.85. The maximum absolute atomic E-state index is 14.2. The molecule has 0 spiro atoms. The third-order valence-corrected chi connectivity index (χ3v) is 8.39. The van der Waals surface area contributed by atoms with E-state index in [9.17, 15) is 4.79 Å². The van der Waals surface area contributed by atoms with Crippen molar-refractivity contribution in [2.75, 3.05) is 32.5 Å². The smallest absolute Gasteiger partial charge is 0.331 e. The van der Waals surface area contributed by atoms with Crippen molar-refractivity contribution in [1.29, 1.82) is 0 Å². The molecule has 0 bridgehead atoms. The molecule has 0 unspecified atom stereocenters. The van der Waals surface area contributed by atoms with Crippen molar-refractivity contribution in [2.45, 2.75) is 84.8 Å². The van der Waals surface area contributed by atoms with Crippen LogP contribution in [0.25, 0.3) is 0 Å². The number of carbonyl (C=O) groups is 1. The zero-order valence-electron chi connectivity index (χ0n) is 26.0. The quantitative estimate of drug-likeness (QED) is 0.257. The Morgan fingerprint density at radius 1 is 0.927 bits per heavy atom. The molecule has 2 aromatic carbocycles. The number of rotatable bonds is 10. The number of benzene rings is 2. The average Bonchev–Trinajstić information content (AvgIpc) is 3.52. The molecule has 0 aromatic heterocycles. The van der Waals surface area contributed by atoms with Gasteiger partial charge < -0.3 is 18.9 Å². The monoisotopic (exact) mass is 584 g/mol. The Labute approximate surface area is 250 Å². The van der Waals surface area contributed by atoms with Crippen molar-refractivity contribution in [3.05, 3.63) is 71.8 Å². The Kier molecular flexibility index (Phi) is 10.3. The molecule has 4 rings (SSSR count). The van der Waals surface area contributed by atoms with Gasteiger partial charge in [-0.15, -0.1) is 11.8 Å². The van der Waals surface area contributed by atoms with Gasteiger partial charge >= 0.3 is 5.97 Å².